The number of carbonyl (C=O) groups excluding carboxylic acids is 1. The van der Waals surface area contributed by atoms with Crippen LogP contribution < -0.4 is 9.94 Å². The second-order valence-electron chi connectivity index (χ2n) is 5.84. The number of hydrogen-bond acceptors (Lipinski definition) is 5. The van der Waals surface area contributed by atoms with Gasteiger partial charge in [0, 0.05) is 23.7 Å². The van der Waals surface area contributed by atoms with Crippen molar-refractivity contribution in [2.75, 3.05) is 13.2 Å². The molecule has 148 valence electrons. The van der Waals surface area contributed by atoms with Gasteiger partial charge < -0.3 is 9.30 Å². The van der Waals surface area contributed by atoms with Gasteiger partial charge in [0.15, 0.2) is 4.80 Å². The van der Waals surface area contributed by atoms with Gasteiger partial charge in [-0.2, -0.15) is 4.99 Å². The van der Waals surface area contributed by atoms with E-state index < -0.39 is 15.9 Å². The third kappa shape index (κ3) is 4.68. The van der Waals surface area contributed by atoms with Gasteiger partial charge in [-0.25, -0.2) is 13.6 Å². The molecular formula is C18H18ClN3O4S2. The van der Waals surface area contributed by atoms with Crippen LogP contribution in [-0.4, -0.2) is 32.1 Å². The Balaban J connectivity index is 2.13. The van der Waals surface area contributed by atoms with Crippen molar-refractivity contribution >= 4 is 49.1 Å². The molecule has 0 fully saturated rings. The molecule has 0 spiro atoms. The van der Waals surface area contributed by atoms with Crippen molar-refractivity contribution in [3.8, 4) is 0 Å². The van der Waals surface area contributed by atoms with E-state index in [9.17, 15) is 13.2 Å². The molecule has 3 rings (SSSR count). The predicted octanol–water partition coefficient (Wildman–Crippen LogP) is 2.78. The average Bonchev–Trinajstić information content (AvgIpc) is 2.97. The van der Waals surface area contributed by atoms with Crippen LogP contribution in [-0.2, 0) is 21.3 Å². The van der Waals surface area contributed by atoms with Crippen LogP contribution in [0.5, 0.6) is 0 Å². The van der Waals surface area contributed by atoms with E-state index in [-0.39, 0.29) is 4.90 Å². The number of primary sulfonamides is 1. The Hall–Kier alpha value is -2.04. The number of fused-ring (bicyclic) bond motifs is 1. The van der Waals surface area contributed by atoms with Crippen LogP contribution in [0.15, 0.2) is 52.4 Å². The summed E-state index contributed by atoms with van der Waals surface area (Å²) >= 11 is 7.16. The SMILES string of the molecule is CCOCCn1c(=NC(=O)c2cccc(Cl)c2)sc2cc(S(N)(=O)=O)ccc21. The lowest BCUT2D eigenvalue weighted by Gasteiger charge is -2.06. The molecule has 0 aliphatic heterocycles. The molecule has 0 saturated heterocycles. The van der Waals surface area contributed by atoms with Crippen molar-refractivity contribution < 1.29 is 17.9 Å². The van der Waals surface area contributed by atoms with Gasteiger partial charge in [-0.1, -0.05) is 29.0 Å². The minimum Gasteiger partial charge on any atom is -0.380 e. The fourth-order valence-corrected chi connectivity index (χ4v) is 4.50. The maximum Gasteiger partial charge on any atom is 0.279 e. The van der Waals surface area contributed by atoms with Crippen LogP contribution in [0.2, 0.25) is 5.02 Å². The molecule has 2 aromatic carbocycles. The zero-order valence-electron chi connectivity index (χ0n) is 15.0. The van der Waals surface area contributed by atoms with Gasteiger partial charge in [0.05, 0.1) is 21.7 Å². The third-order valence-corrected chi connectivity index (χ3v) is 6.10. The summed E-state index contributed by atoms with van der Waals surface area (Å²) in [6, 6.07) is 11.1. The van der Waals surface area contributed by atoms with Crippen LogP contribution in [0.4, 0.5) is 0 Å². The van der Waals surface area contributed by atoms with E-state index >= 15 is 0 Å². The highest BCUT2D eigenvalue weighted by atomic mass is 35.5. The van der Waals surface area contributed by atoms with Gasteiger partial charge in [-0.05, 0) is 43.3 Å². The summed E-state index contributed by atoms with van der Waals surface area (Å²) < 4.78 is 31.2. The number of halogens is 1. The van der Waals surface area contributed by atoms with E-state index in [1.165, 1.54) is 23.5 Å². The molecule has 1 amide bonds. The Morgan fingerprint density at radius 1 is 1.29 bits per heavy atom. The van der Waals surface area contributed by atoms with Gasteiger partial charge in [-0.3, -0.25) is 4.79 Å². The summed E-state index contributed by atoms with van der Waals surface area (Å²) in [6.45, 7) is 3.34. The smallest absolute Gasteiger partial charge is 0.279 e. The first-order valence-electron chi connectivity index (χ1n) is 8.38. The molecule has 1 heterocycles. The van der Waals surface area contributed by atoms with Crippen LogP contribution in [0.3, 0.4) is 0 Å². The van der Waals surface area contributed by atoms with E-state index in [1.54, 1.807) is 30.3 Å². The summed E-state index contributed by atoms with van der Waals surface area (Å²) in [5, 5.41) is 5.67. The Morgan fingerprint density at radius 2 is 2.07 bits per heavy atom. The highest BCUT2D eigenvalue weighted by molar-refractivity contribution is 7.89. The number of carbonyl (C=O) groups is 1. The number of thiazole rings is 1. The van der Waals surface area contributed by atoms with Crippen molar-refractivity contribution in [2.45, 2.75) is 18.4 Å². The molecule has 0 atom stereocenters. The Labute approximate surface area is 171 Å². The van der Waals surface area contributed by atoms with Gasteiger partial charge >= 0.3 is 0 Å². The summed E-state index contributed by atoms with van der Waals surface area (Å²) in [7, 11) is -3.83. The molecule has 7 nitrogen and oxygen atoms in total. The van der Waals surface area contributed by atoms with Crippen LogP contribution >= 0.6 is 22.9 Å². The van der Waals surface area contributed by atoms with Gasteiger partial charge in [0.2, 0.25) is 10.0 Å². The molecule has 1 aromatic heterocycles. The number of benzene rings is 2. The van der Waals surface area contributed by atoms with E-state index in [0.717, 1.165) is 5.52 Å². The molecule has 0 radical (unpaired) electrons. The molecule has 28 heavy (non-hydrogen) atoms. The molecule has 3 aromatic rings. The van der Waals surface area contributed by atoms with Crippen molar-refractivity contribution in [1.82, 2.24) is 4.57 Å². The summed E-state index contributed by atoms with van der Waals surface area (Å²) in [6.07, 6.45) is 0. The second-order valence-corrected chi connectivity index (χ2v) is 8.84. The molecule has 2 N–H and O–H groups in total. The first kappa shape index (κ1) is 20.7. The lowest BCUT2D eigenvalue weighted by molar-refractivity contribution is 0.0996. The van der Waals surface area contributed by atoms with E-state index in [2.05, 4.69) is 4.99 Å². The summed E-state index contributed by atoms with van der Waals surface area (Å²) in [4.78, 5) is 17.2. The van der Waals surface area contributed by atoms with Gasteiger partial charge in [-0.15, -0.1) is 0 Å². The second kappa shape index (κ2) is 8.54. The topological polar surface area (TPSA) is 104 Å². The molecule has 0 saturated carbocycles. The number of nitrogens with two attached hydrogens (primary N) is 1. The molecule has 0 unspecified atom stereocenters. The van der Waals surface area contributed by atoms with Crippen molar-refractivity contribution in [3.05, 3.63) is 57.9 Å². The van der Waals surface area contributed by atoms with E-state index in [4.69, 9.17) is 21.5 Å². The molecular weight excluding hydrogens is 422 g/mol. The normalized spacial score (nSPS) is 12.6. The average molecular weight is 440 g/mol. The number of hydrogen-bond donors (Lipinski definition) is 1. The zero-order valence-corrected chi connectivity index (χ0v) is 17.4. The Kier molecular flexibility index (Phi) is 6.31. The van der Waals surface area contributed by atoms with Crippen LogP contribution in [0.25, 0.3) is 10.2 Å². The number of rotatable bonds is 6. The fraction of sp³-hybridized carbons (Fsp3) is 0.222. The van der Waals surface area contributed by atoms with Crippen LogP contribution in [0.1, 0.15) is 17.3 Å². The highest BCUT2D eigenvalue weighted by Gasteiger charge is 2.14. The van der Waals surface area contributed by atoms with E-state index in [1.807, 2.05) is 11.5 Å². The lowest BCUT2D eigenvalue weighted by Crippen LogP contribution is -2.19. The van der Waals surface area contributed by atoms with E-state index in [0.29, 0.717) is 39.8 Å². The maximum absolute atomic E-state index is 12.6. The lowest BCUT2D eigenvalue weighted by atomic mass is 10.2. The van der Waals surface area contributed by atoms with Gasteiger partial charge in [0.1, 0.15) is 0 Å². The minimum absolute atomic E-state index is 0.00549. The zero-order chi connectivity index (χ0) is 20.3. The molecule has 10 heteroatoms. The first-order valence-corrected chi connectivity index (χ1v) is 11.1. The van der Waals surface area contributed by atoms with Crippen molar-refractivity contribution in [3.63, 3.8) is 0 Å². The fourth-order valence-electron chi connectivity index (χ4n) is 2.61. The largest absolute Gasteiger partial charge is 0.380 e. The number of aromatic nitrogens is 1. The number of ether oxygens (including phenoxy) is 1. The maximum atomic E-state index is 12.6. The predicted molar refractivity (Wildman–Crippen MR) is 109 cm³/mol. The first-order chi connectivity index (χ1) is 13.3. The number of amides is 1. The molecule has 0 aliphatic carbocycles. The van der Waals surface area contributed by atoms with Crippen molar-refractivity contribution in [2.24, 2.45) is 10.1 Å². The Bertz CT molecular complexity index is 1200. The quantitative estimate of drug-likeness (QED) is 0.596. The summed E-state index contributed by atoms with van der Waals surface area (Å²) in [5.41, 5.74) is 1.11. The Morgan fingerprint density at radius 3 is 2.75 bits per heavy atom. The number of sulfonamides is 1. The minimum atomic E-state index is -3.83. The molecule has 0 aliphatic rings. The number of nitrogens with zero attached hydrogens (tertiary/aromatic N) is 2. The molecule has 0 bridgehead atoms. The van der Waals surface area contributed by atoms with Crippen LogP contribution in [0, 0.1) is 0 Å². The van der Waals surface area contributed by atoms with Gasteiger partial charge in [0.25, 0.3) is 5.91 Å². The third-order valence-electron chi connectivity index (χ3n) is 3.91. The standard InChI is InChI=1S/C18H18ClN3O4S2/c1-2-26-9-8-22-15-7-6-14(28(20,24)25)11-16(15)27-18(22)21-17(23)12-4-3-5-13(19)10-12/h3-7,10-11H,2,8-9H2,1H3,(H2,20,24,25). The highest BCUT2D eigenvalue weighted by Crippen LogP contribution is 2.21. The monoisotopic (exact) mass is 439 g/mol. The van der Waals surface area contributed by atoms with Crippen molar-refractivity contribution in [1.29, 1.82) is 0 Å². The summed E-state index contributed by atoms with van der Waals surface area (Å²) in [5.74, 6) is -0.439.